The van der Waals surface area contributed by atoms with Gasteiger partial charge in [-0.3, -0.25) is 5.10 Å². The van der Waals surface area contributed by atoms with Gasteiger partial charge in [0.1, 0.15) is 18.1 Å². The van der Waals surface area contributed by atoms with Gasteiger partial charge in [-0.1, -0.05) is 0 Å². The summed E-state index contributed by atoms with van der Waals surface area (Å²) in [6.45, 7) is 0. The van der Waals surface area contributed by atoms with Crippen LogP contribution in [-0.2, 0) is 0 Å². The van der Waals surface area contributed by atoms with Crippen molar-refractivity contribution in [2.24, 2.45) is 0 Å². The van der Waals surface area contributed by atoms with Crippen molar-refractivity contribution >= 4 is 11.8 Å². The zero-order valence-electron chi connectivity index (χ0n) is 6.88. The number of nitriles is 1. The number of hydrogen-bond acceptors (Lipinski definition) is 6. The van der Waals surface area contributed by atoms with Crippen molar-refractivity contribution in [2.45, 2.75) is 10.3 Å². The SMILES string of the molecule is N#Cc1ccnc(Sc2ncn[nH]2)n1. The van der Waals surface area contributed by atoms with Crippen molar-refractivity contribution in [1.82, 2.24) is 25.1 Å². The Balaban J connectivity index is 2.22. The normalized spacial score (nSPS) is 9.64. The number of rotatable bonds is 2. The average molecular weight is 204 g/mol. The molecule has 0 amide bonds. The average Bonchev–Trinajstić information content (AvgIpc) is 2.71. The fourth-order valence-corrected chi connectivity index (χ4v) is 1.41. The van der Waals surface area contributed by atoms with Crippen LogP contribution in [0, 0.1) is 11.3 Å². The van der Waals surface area contributed by atoms with Gasteiger partial charge in [-0.05, 0) is 17.8 Å². The van der Waals surface area contributed by atoms with E-state index in [1.54, 1.807) is 6.07 Å². The van der Waals surface area contributed by atoms with Gasteiger partial charge in [0.15, 0.2) is 10.3 Å². The fourth-order valence-electron chi connectivity index (χ4n) is 0.782. The van der Waals surface area contributed by atoms with Crippen molar-refractivity contribution in [3.05, 3.63) is 24.3 Å². The molecule has 0 aliphatic carbocycles. The van der Waals surface area contributed by atoms with E-state index in [9.17, 15) is 0 Å². The van der Waals surface area contributed by atoms with E-state index in [4.69, 9.17) is 5.26 Å². The van der Waals surface area contributed by atoms with E-state index in [-0.39, 0.29) is 0 Å². The van der Waals surface area contributed by atoms with Gasteiger partial charge in [-0.15, -0.1) is 0 Å². The first kappa shape index (κ1) is 8.65. The number of H-pyrrole nitrogens is 1. The molecule has 0 aromatic carbocycles. The maximum absolute atomic E-state index is 8.60. The highest BCUT2D eigenvalue weighted by molar-refractivity contribution is 7.99. The summed E-state index contributed by atoms with van der Waals surface area (Å²) in [5.74, 6) is 0. The lowest BCUT2D eigenvalue weighted by molar-refractivity contribution is 0.925. The van der Waals surface area contributed by atoms with Crippen LogP contribution in [0.15, 0.2) is 28.9 Å². The Labute approximate surface area is 83.4 Å². The standard InChI is InChI=1S/C7H4N6S/c8-3-5-1-2-9-6(12-5)14-7-10-4-11-13-7/h1-2,4H,(H,10,11,13). The topological polar surface area (TPSA) is 91.1 Å². The van der Waals surface area contributed by atoms with Crippen molar-refractivity contribution < 1.29 is 0 Å². The minimum atomic E-state index is 0.335. The summed E-state index contributed by atoms with van der Waals surface area (Å²) in [6, 6.07) is 3.48. The van der Waals surface area contributed by atoms with Crippen LogP contribution in [-0.4, -0.2) is 25.1 Å². The lowest BCUT2D eigenvalue weighted by Gasteiger charge is -1.94. The second-order valence-electron chi connectivity index (χ2n) is 2.23. The van der Waals surface area contributed by atoms with Gasteiger partial charge in [-0.2, -0.15) is 10.4 Å². The van der Waals surface area contributed by atoms with Gasteiger partial charge in [-0.25, -0.2) is 15.0 Å². The highest BCUT2D eigenvalue weighted by Crippen LogP contribution is 2.18. The molecule has 2 heterocycles. The molecule has 0 radical (unpaired) electrons. The van der Waals surface area contributed by atoms with Gasteiger partial charge in [0.25, 0.3) is 0 Å². The summed E-state index contributed by atoms with van der Waals surface area (Å²) in [4.78, 5) is 11.8. The largest absolute Gasteiger partial charge is 0.254 e. The highest BCUT2D eigenvalue weighted by atomic mass is 32.2. The molecule has 2 rings (SSSR count). The first-order valence-electron chi connectivity index (χ1n) is 3.65. The van der Waals surface area contributed by atoms with Gasteiger partial charge in [0.2, 0.25) is 0 Å². The lowest BCUT2D eigenvalue weighted by atomic mass is 10.5. The fraction of sp³-hybridized carbons (Fsp3) is 0. The van der Waals surface area contributed by atoms with E-state index in [0.29, 0.717) is 16.0 Å². The van der Waals surface area contributed by atoms with Crippen molar-refractivity contribution in [1.29, 1.82) is 5.26 Å². The number of nitrogens with zero attached hydrogens (tertiary/aromatic N) is 5. The number of aromatic amines is 1. The molecule has 0 aliphatic heterocycles. The van der Waals surface area contributed by atoms with Crippen LogP contribution in [0.1, 0.15) is 5.69 Å². The van der Waals surface area contributed by atoms with E-state index in [1.165, 1.54) is 24.3 Å². The van der Waals surface area contributed by atoms with Crippen LogP contribution >= 0.6 is 11.8 Å². The molecule has 0 saturated heterocycles. The van der Waals surface area contributed by atoms with Crippen LogP contribution in [0.5, 0.6) is 0 Å². The summed E-state index contributed by atoms with van der Waals surface area (Å²) >= 11 is 1.22. The van der Waals surface area contributed by atoms with Crippen LogP contribution in [0.3, 0.4) is 0 Å². The molecule has 14 heavy (non-hydrogen) atoms. The first-order valence-corrected chi connectivity index (χ1v) is 4.46. The molecule has 0 bridgehead atoms. The Morgan fingerprint density at radius 1 is 1.43 bits per heavy atom. The molecule has 2 aromatic rings. The summed E-state index contributed by atoms with van der Waals surface area (Å²) in [7, 11) is 0. The van der Waals surface area contributed by atoms with Crippen LogP contribution in [0.2, 0.25) is 0 Å². The third-order valence-electron chi connectivity index (χ3n) is 1.33. The molecular formula is C7H4N6S. The van der Waals surface area contributed by atoms with E-state index in [0.717, 1.165) is 0 Å². The summed E-state index contributed by atoms with van der Waals surface area (Å²) < 4.78 is 0. The predicted octanol–water partition coefficient (Wildman–Crippen LogP) is 0.618. The van der Waals surface area contributed by atoms with Crippen LogP contribution in [0.4, 0.5) is 0 Å². The minimum absolute atomic E-state index is 0.335. The summed E-state index contributed by atoms with van der Waals surface area (Å²) in [6.07, 6.45) is 2.93. The van der Waals surface area contributed by atoms with Gasteiger partial charge < -0.3 is 0 Å². The third-order valence-corrected chi connectivity index (χ3v) is 2.10. The molecule has 0 fully saturated rings. The van der Waals surface area contributed by atoms with Gasteiger partial charge >= 0.3 is 0 Å². The van der Waals surface area contributed by atoms with E-state index in [2.05, 4.69) is 25.1 Å². The molecule has 0 spiro atoms. The van der Waals surface area contributed by atoms with Crippen molar-refractivity contribution in [2.75, 3.05) is 0 Å². The smallest absolute Gasteiger partial charge is 0.196 e. The molecule has 7 heteroatoms. The molecule has 1 N–H and O–H groups in total. The van der Waals surface area contributed by atoms with E-state index < -0.39 is 0 Å². The number of aromatic nitrogens is 5. The zero-order chi connectivity index (χ0) is 9.80. The van der Waals surface area contributed by atoms with Gasteiger partial charge in [0.05, 0.1) is 0 Å². The Morgan fingerprint density at radius 3 is 3.07 bits per heavy atom. The number of nitrogens with one attached hydrogen (secondary N) is 1. The zero-order valence-corrected chi connectivity index (χ0v) is 7.69. The Morgan fingerprint density at radius 2 is 2.36 bits per heavy atom. The Kier molecular flexibility index (Phi) is 2.38. The molecule has 0 unspecified atom stereocenters. The van der Waals surface area contributed by atoms with Crippen LogP contribution < -0.4 is 0 Å². The van der Waals surface area contributed by atoms with E-state index in [1.807, 2.05) is 6.07 Å². The van der Waals surface area contributed by atoms with Crippen molar-refractivity contribution in [3.8, 4) is 6.07 Å². The molecule has 0 saturated carbocycles. The van der Waals surface area contributed by atoms with Crippen molar-refractivity contribution in [3.63, 3.8) is 0 Å². The van der Waals surface area contributed by atoms with Gasteiger partial charge in [0, 0.05) is 6.20 Å². The first-order chi connectivity index (χ1) is 6.88. The maximum Gasteiger partial charge on any atom is 0.196 e. The predicted molar refractivity (Wildman–Crippen MR) is 47.3 cm³/mol. The minimum Gasteiger partial charge on any atom is -0.254 e. The number of hydrogen-bond donors (Lipinski definition) is 1. The molecule has 2 aromatic heterocycles. The second kappa shape index (κ2) is 3.85. The quantitative estimate of drug-likeness (QED) is 0.721. The molecule has 0 aliphatic rings. The molecule has 0 atom stereocenters. The Hall–Kier alpha value is -1.94. The highest BCUT2D eigenvalue weighted by Gasteiger charge is 2.03. The summed E-state index contributed by atoms with van der Waals surface area (Å²) in [5, 5.41) is 16.0. The van der Waals surface area contributed by atoms with E-state index >= 15 is 0 Å². The third kappa shape index (κ3) is 1.86. The molecule has 68 valence electrons. The molecular weight excluding hydrogens is 200 g/mol. The Bertz CT molecular complexity index is 459. The van der Waals surface area contributed by atoms with Crippen LogP contribution in [0.25, 0.3) is 0 Å². The lowest BCUT2D eigenvalue weighted by Crippen LogP contribution is -1.89. The molecule has 6 nitrogen and oxygen atoms in total. The second-order valence-corrected chi connectivity index (χ2v) is 3.18. The monoisotopic (exact) mass is 204 g/mol. The maximum atomic E-state index is 8.60. The summed E-state index contributed by atoms with van der Waals surface area (Å²) in [5.41, 5.74) is 0.335.